The first-order valence-corrected chi connectivity index (χ1v) is 7.35. The third kappa shape index (κ3) is 3.57. The number of hydrogen-bond acceptors (Lipinski definition) is 5. The fraction of sp³-hybridized carbons (Fsp3) is 0.312. The molecule has 0 aliphatic carbocycles. The number of rotatable bonds is 3. The molecule has 1 aromatic heterocycles. The SMILES string of the molecule is Cc1cc(C(=O)Nc2ccc(C(=O)N3CCOCC3)cc2)on1. The number of nitrogens with one attached hydrogen (secondary N) is 1. The Hall–Kier alpha value is -2.67. The third-order valence-corrected chi connectivity index (χ3v) is 3.54. The maximum atomic E-state index is 12.3. The Morgan fingerprint density at radius 3 is 2.48 bits per heavy atom. The van der Waals surface area contributed by atoms with E-state index in [9.17, 15) is 9.59 Å². The third-order valence-electron chi connectivity index (χ3n) is 3.54. The minimum atomic E-state index is -0.377. The molecule has 2 amide bonds. The number of anilines is 1. The Balaban J connectivity index is 1.64. The van der Waals surface area contributed by atoms with Crippen LogP contribution in [0.3, 0.4) is 0 Å². The maximum Gasteiger partial charge on any atom is 0.294 e. The Kier molecular flexibility index (Phi) is 4.38. The number of amides is 2. The highest BCUT2D eigenvalue weighted by Gasteiger charge is 2.18. The molecule has 0 radical (unpaired) electrons. The molecule has 7 nitrogen and oxygen atoms in total. The molecule has 23 heavy (non-hydrogen) atoms. The first kappa shape index (κ1) is 15.2. The molecular weight excluding hydrogens is 298 g/mol. The minimum absolute atomic E-state index is 0.0305. The number of aromatic nitrogens is 1. The summed E-state index contributed by atoms with van der Waals surface area (Å²) in [5.74, 6) is -0.258. The smallest absolute Gasteiger partial charge is 0.294 e. The maximum absolute atomic E-state index is 12.3. The van der Waals surface area contributed by atoms with Gasteiger partial charge in [-0.2, -0.15) is 0 Å². The van der Waals surface area contributed by atoms with E-state index in [1.165, 1.54) is 0 Å². The van der Waals surface area contributed by atoms with Crippen LogP contribution >= 0.6 is 0 Å². The van der Waals surface area contributed by atoms with Gasteiger partial charge >= 0.3 is 0 Å². The van der Waals surface area contributed by atoms with Crippen LogP contribution < -0.4 is 5.32 Å². The second-order valence-corrected chi connectivity index (χ2v) is 5.27. The Morgan fingerprint density at radius 2 is 1.87 bits per heavy atom. The molecule has 2 aromatic rings. The first-order chi connectivity index (χ1) is 11.1. The molecule has 0 spiro atoms. The summed E-state index contributed by atoms with van der Waals surface area (Å²) in [6.45, 7) is 4.07. The number of benzene rings is 1. The summed E-state index contributed by atoms with van der Waals surface area (Å²) in [7, 11) is 0. The zero-order valence-electron chi connectivity index (χ0n) is 12.7. The Bertz CT molecular complexity index is 702. The van der Waals surface area contributed by atoms with Gasteiger partial charge in [0.25, 0.3) is 11.8 Å². The summed E-state index contributed by atoms with van der Waals surface area (Å²) in [5.41, 5.74) is 1.81. The van der Waals surface area contributed by atoms with Gasteiger partial charge in [0.15, 0.2) is 0 Å². The number of ether oxygens (including phenoxy) is 1. The van der Waals surface area contributed by atoms with Crippen molar-refractivity contribution in [1.82, 2.24) is 10.1 Å². The van der Waals surface area contributed by atoms with Crippen LogP contribution in [0.2, 0.25) is 0 Å². The molecule has 2 heterocycles. The molecule has 7 heteroatoms. The molecule has 0 saturated carbocycles. The molecule has 0 atom stereocenters. The van der Waals surface area contributed by atoms with Gasteiger partial charge in [-0.1, -0.05) is 5.16 Å². The lowest BCUT2D eigenvalue weighted by Crippen LogP contribution is -2.40. The lowest BCUT2D eigenvalue weighted by Gasteiger charge is -2.26. The molecule has 1 aliphatic heterocycles. The van der Waals surface area contributed by atoms with Gasteiger partial charge in [0.05, 0.1) is 18.9 Å². The average molecular weight is 315 g/mol. The van der Waals surface area contributed by atoms with Crippen molar-refractivity contribution in [2.75, 3.05) is 31.6 Å². The van der Waals surface area contributed by atoms with E-state index in [4.69, 9.17) is 9.26 Å². The minimum Gasteiger partial charge on any atom is -0.378 e. The van der Waals surface area contributed by atoms with Crippen LogP contribution in [0.5, 0.6) is 0 Å². The Labute approximate surface area is 133 Å². The number of hydrogen-bond donors (Lipinski definition) is 1. The van der Waals surface area contributed by atoms with Gasteiger partial charge in [0.1, 0.15) is 0 Å². The topological polar surface area (TPSA) is 84.7 Å². The fourth-order valence-corrected chi connectivity index (χ4v) is 2.31. The predicted octanol–water partition coefficient (Wildman–Crippen LogP) is 1.71. The molecule has 1 N–H and O–H groups in total. The highest BCUT2D eigenvalue weighted by molar-refractivity contribution is 6.02. The van der Waals surface area contributed by atoms with Crippen LogP contribution in [0.1, 0.15) is 26.6 Å². The standard InChI is InChI=1S/C16H17N3O4/c1-11-10-14(23-18-11)15(20)17-13-4-2-12(3-5-13)16(21)19-6-8-22-9-7-19/h2-5,10H,6-9H2,1H3,(H,17,20). The van der Waals surface area contributed by atoms with Gasteiger partial charge in [0.2, 0.25) is 5.76 Å². The number of carbonyl (C=O) groups is 2. The van der Waals surface area contributed by atoms with Crippen molar-refractivity contribution >= 4 is 17.5 Å². The molecule has 3 rings (SSSR count). The number of carbonyl (C=O) groups excluding carboxylic acids is 2. The van der Waals surface area contributed by atoms with Crippen LogP contribution in [-0.4, -0.2) is 48.2 Å². The lowest BCUT2D eigenvalue weighted by molar-refractivity contribution is 0.0303. The number of nitrogens with zero attached hydrogens (tertiary/aromatic N) is 2. The van der Waals surface area contributed by atoms with Gasteiger partial charge in [-0.25, -0.2) is 0 Å². The van der Waals surface area contributed by atoms with E-state index >= 15 is 0 Å². The van der Waals surface area contributed by atoms with Gasteiger partial charge in [0, 0.05) is 30.4 Å². The van der Waals surface area contributed by atoms with Crippen LogP contribution in [-0.2, 0) is 4.74 Å². The summed E-state index contributed by atoms with van der Waals surface area (Å²) < 4.78 is 10.1. The van der Waals surface area contributed by atoms with Crippen LogP contribution in [0, 0.1) is 6.92 Å². The lowest BCUT2D eigenvalue weighted by atomic mass is 10.1. The molecule has 120 valence electrons. The van der Waals surface area contributed by atoms with Crippen molar-refractivity contribution in [3.05, 3.63) is 47.3 Å². The molecule has 1 fully saturated rings. The molecular formula is C16H17N3O4. The number of aryl methyl sites for hydroxylation is 1. The van der Waals surface area contributed by atoms with Crippen molar-refractivity contribution in [2.45, 2.75) is 6.92 Å². The summed E-state index contributed by atoms with van der Waals surface area (Å²) >= 11 is 0. The van der Waals surface area contributed by atoms with E-state index in [2.05, 4.69) is 10.5 Å². The number of morpholine rings is 1. The fourth-order valence-electron chi connectivity index (χ4n) is 2.31. The second kappa shape index (κ2) is 6.62. The van der Waals surface area contributed by atoms with Crippen LogP contribution in [0.4, 0.5) is 5.69 Å². The van der Waals surface area contributed by atoms with Gasteiger partial charge < -0.3 is 19.5 Å². The van der Waals surface area contributed by atoms with E-state index in [0.29, 0.717) is 43.2 Å². The van der Waals surface area contributed by atoms with E-state index in [-0.39, 0.29) is 17.6 Å². The largest absolute Gasteiger partial charge is 0.378 e. The molecule has 1 saturated heterocycles. The quantitative estimate of drug-likeness (QED) is 0.932. The average Bonchev–Trinajstić information content (AvgIpc) is 3.02. The first-order valence-electron chi connectivity index (χ1n) is 7.35. The van der Waals surface area contributed by atoms with Crippen molar-refractivity contribution < 1.29 is 18.8 Å². The van der Waals surface area contributed by atoms with Gasteiger partial charge in [-0.15, -0.1) is 0 Å². The van der Waals surface area contributed by atoms with Crippen LogP contribution in [0.25, 0.3) is 0 Å². The normalized spacial score (nSPS) is 14.6. The Morgan fingerprint density at radius 1 is 1.17 bits per heavy atom. The van der Waals surface area contributed by atoms with Crippen LogP contribution in [0.15, 0.2) is 34.9 Å². The monoisotopic (exact) mass is 315 g/mol. The van der Waals surface area contributed by atoms with Gasteiger partial charge in [-0.05, 0) is 31.2 Å². The van der Waals surface area contributed by atoms with Crippen molar-refractivity contribution in [3.8, 4) is 0 Å². The second-order valence-electron chi connectivity index (χ2n) is 5.27. The highest BCUT2D eigenvalue weighted by Crippen LogP contribution is 2.14. The molecule has 0 bridgehead atoms. The van der Waals surface area contributed by atoms with E-state index < -0.39 is 0 Å². The summed E-state index contributed by atoms with van der Waals surface area (Å²) in [5, 5.41) is 6.37. The van der Waals surface area contributed by atoms with E-state index in [1.54, 1.807) is 42.2 Å². The molecule has 0 unspecified atom stereocenters. The molecule has 1 aliphatic rings. The van der Waals surface area contributed by atoms with Crippen molar-refractivity contribution in [3.63, 3.8) is 0 Å². The molecule has 1 aromatic carbocycles. The van der Waals surface area contributed by atoms with Crippen molar-refractivity contribution in [2.24, 2.45) is 0 Å². The zero-order valence-corrected chi connectivity index (χ0v) is 12.7. The summed E-state index contributed by atoms with van der Waals surface area (Å²) in [6, 6.07) is 8.33. The summed E-state index contributed by atoms with van der Waals surface area (Å²) in [4.78, 5) is 26.0. The predicted molar refractivity (Wildman–Crippen MR) is 82.4 cm³/mol. The summed E-state index contributed by atoms with van der Waals surface area (Å²) in [6.07, 6.45) is 0. The highest BCUT2D eigenvalue weighted by atomic mass is 16.5. The van der Waals surface area contributed by atoms with Crippen molar-refractivity contribution in [1.29, 1.82) is 0 Å². The van der Waals surface area contributed by atoms with E-state index in [1.807, 2.05) is 0 Å². The zero-order chi connectivity index (χ0) is 16.2. The van der Waals surface area contributed by atoms with Gasteiger partial charge in [-0.3, -0.25) is 9.59 Å². The van der Waals surface area contributed by atoms with E-state index in [0.717, 1.165) is 0 Å².